The second-order valence-electron chi connectivity index (χ2n) is 4.94. The second-order valence-corrected chi connectivity index (χ2v) is 4.94. The molecule has 0 radical (unpaired) electrons. The Morgan fingerprint density at radius 1 is 0.941 bits per heavy atom. The van der Waals surface area contributed by atoms with Crippen molar-refractivity contribution in [2.24, 2.45) is 5.92 Å². The first-order valence-corrected chi connectivity index (χ1v) is 6.12. The van der Waals surface area contributed by atoms with Gasteiger partial charge in [0.15, 0.2) is 0 Å². The zero-order chi connectivity index (χ0) is 12.3. The topological polar surface area (TPSA) is 12.9 Å². The van der Waals surface area contributed by atoms with Crippen molar-refractivity contribution >= 4 is 0 Å². The molecular formula is C16H19N. The minimum absolute atomic E-state index is 0.0253. The fourth-order valence-electron chi connectivity index (χ4n) is 2.23. The summed E-state index contributed by atoms with van der Waals surface area (Å²) in [6.45, 7) is 6.78. The third-order valence-corrected chi connectivity index (χ3v) is 3.73. The van der Waals surface area contributed by atoms with Gasteiger partial charge in [-0.3, -0.25) is 4.98 Å². The van der Waals surface area contributed by atoms with Gasteiger partial charge in [-0.25, -0.2) is 0 Å². The van der Waals surface area contributed by atoms with E-state index in [0.29, 0.717) is 5.92 Å². The molecule has 0 saturated heterocycles. The number of hydrogen-bond acceptors (Lipinski definition) is 1. The monoisotopic (exact) mass is 225 g/mol. The lowest BCUT2D eigenvalue weighted by Crippen LogP contribution is -2.31. The van der Waals surface area contributed by atoms with Gasteiger partial charge in [0.25, 0.3) is 0 Å². The summed E-state index contributed by atoms with van der Waals surface area (Å²) >= 11 is 0. The van der Waals surface area contributed by atoms with Crippen molar-refractivity contribution in [2.75, 3.05) is 0 Å². The number of pyridine rings is 1. The molecule has 1 heterocycles. The minimum Gasteiger partial charge on any atom is -0.260 e. The fourth-order valence-corrected chi connectivity index (χ4v) is 2.23. The molecule has 0 N–H and O–H groups in total. The van der Waals surface area contributed by atoms with Gasteiger partial charge in [-0.2, -0.15) is 0 Å². The first-order valence-electron chi connectivity index (χ1n) is 6.12. The van der Waals surface area contributed by atoms with Gasteiger partial charge >= 0.3 is 0 Å². The molecule has 0 bridgehead atoms. The molecule has 0 aliphatic heterocycles. The molecule has 0 aliphatic carbocycles. The van der Waals surface area contributed by atoms with Crippen LogP contribution in [0.25, 0.3) is 0 Å². The molecule has 0 spiro atoms. The summed E-state index contributed by atoms with van der Waals surface area (Å²) < 4.78 is 0. The molecule has 1 nitrogen and oxygen atoms in total. The van der Waals surface area contributed by atoms with Crippen LogP contribution >= 0.6 is 0 Å². The summed E-state index contributed by atoms with van der Waals surface area (Å²) in [5.41, 5.74) is 2.44. The summed E-state index contributed by atoms with van der Waals surface area (Å²) in [4.78, 5) is 4.55. The number of nitrogens with zero attached hydrogens (tertiary/aromatic N) is 1. The molecule has 0 fully saturated rings. The van der Waals surface area contributed by atoms with Crippen LogP contribution in [0.1, 0.15) is 32.0 Å². The SMILES string of the molecule is CC(C)C(C)(c1ccccc1)c1ccccn1. The normalized spacial score (nSPS) is 14.6. The van der Waals surface area contributed by atoms with Crippen LogP contribution in [0.3, 0.4) is 0 Å². The van der Waals surface area contributed by atoms with Crippen LogP contribution in [0.2, 0.25) is 0 Å². The molecule has 2 rings (SSSR count). The smallest absolute Gasteiger partial charge is 0.0509 e. The van der Waals surface area contributed by atoms with Crippen LogP contribution in [-0.4, -0.2) is 4.98 Å². The molecule has 17 heavy (non-hydrogen) atoms. The Hall–Kier alpha value is -1.63. The number of benzene rings is 1. The highest BCUT2D eigenvalue weighted by Gasteiger charge is 2.33. The Labute approximate surface area is 104 Å². The van der Waals surface area contributed by atoms with Crippen molar-refractivity contribution in [3.8, 4) is 0 Å². The van der Waals surface area contributed by atoms with Crippen molar-refractivity contribution < 1.29 is 0 Å². The molecule has 1 heteroatoms. The molecule has 0 saturated carbocycles. The highest BCUT2D eigenvalue weighted by atomic mass is 14.7. The molecule has 0 amide bonds. The largest absolute Gasteiger partial charge is 0.260 e. The maximum atomic E-state index is 4.55. The van der Waals surface area contributed by atoms with Crippen LogP contribution in [0, 0.1) is 5.92 Å². The van der Waals surface area contributed by atoms with Gasteiger partial charge < -0.3 is 0 Å². The highest BCUT2D eigenvalue weighted by molar-refractivity contribution is 5.35. The molecular weight excluding hydrogens is 206 g/mol. The summed E-state index contributed by atoms with van der Waals surface area (Å²) in [6.07, 6.45) is 1.87. The zero-order valence-corrected chi connectivity index (χ0v) is 10.7. The Morgan fingerprint density at radius 2 is 1.59 bits per heavy atom. The van der Waals surface area contributed by atoms with E-state index in [-0.39, 0.29) is 5.41 Å². The van der Waals surface area contributed by atoms with Crippen molar-refractivity contribution in [1.82, 2.24) is 4.98 Å². The van der Waals surface area contributed by atoms with Gasteiger partial charge in [-0.1, -0.05) is 50.2 Å². The second kappa shape index (κ2) is 4.70. The number of rotatable bonds is 3. The van der Waals surface area contributed by atoms with E-state index in [1.54, 1.807) is 0 Å². The van der Waals surface area contributed by atoms with E-state index in [9.17, 15) is 0 Å². The maximum absolute atomic E-state index is 4.55. The van der Waals surface area contributed by atoms with E-state index in [0.717, 1.165) is 5.69 Å². The summed E-state index contributed by atoms with van der Waals surface area (Å²) in [5, 5.41) is 0. The lowest BCUT2D eigenvalue weighted by atomic mass is 9.71. The molecule has 0 aliphatic rings. The molecule has 1 aromatic heterocycles. The van der Waals surface area contributed by atoms with Gasteiger partial charge in [0.1, 0.15) is 0 Å². The van der Waals surface area contributed by atoms with Crippen LogP contribution in [0.5, 0.6) is 0 Å². The average molecular weight is 225 g/mol. The van der Waals surface area contributed by atoms with Crippen LogP contribution < -0.4 is 0 Å². The van der Waals surface area contributed by atoms with E-state index in [1.807, 2.05) is 12.3 Å². The van der Waals surface area contributed by atoms with E-state index < -0.39 is 0 Å². The van der Waals surface area contributed by atoms with Crippen LogP contribution in [0.4, 0.5) is 0 Å². The third-order valence-electron chi connectivity index (χ3n) is 3.73. The van der Waals surface area contributed by atoms with Gasteiger partial charge in [0.2, 0.25) is 0 Å². The summed E-state index contributed by atoms with van der Waals surface area (Å²) in [5.74, 6) is 0.500. The van der Waals surface area contributed by atoms with Crippen LogP contribution in [0.15, 0.2) is 54.7 Å². The van der Waals surface area contributed by atoms with Gasteiger partial charge in [-0.15, -0.1) is 0 Å². The summed E-state index contributed by atoms with van der Waals surface area (Å²) in [6, 6.07) is 16.8. The highest BCUT2D eigenvalue weighted by Crippen LogP contribution is 2.37. The van der Waals surface area contributed by atoms with E-state index in [1.165, 1.54) is 5.56 Å². The first-order chi connectivity index (χ1) is 8.15. The molecule has 88 valence electrons. The van der Waals surface area contributed by atoms with Gasteiger partial charge in [0, 0.05) is 11.6 Å². The third kappa shape index (κ3) is 2.10. The lowest BCUT2D eigenvalue weighted by Gasteiger charge is -2.34. The van der Waals surface area contributed by atoms with Crippen LogP contribution in [-0.2, 0) is 5.41 Å². The zero-order valence-electron chi connectivity index (χ0n) is 10.7. The maximum Gasteiger partial charge on any atom is 0.0509 e. The standard InChI is InChI=1S/C16H19N/c1-13(2)16(3,14-9-5-4-6-10-14)15-11-7-8-12-17-15/h4-13H,1-3H3. The summed E-state index contributed by atoms with van der Waals surface area (Å²) in [7, 11) is 0. The Balaban J connectivity index is 2.55. The Kier molecular flexibility index (Phi) is 3.28. The van der Waals surface area contributed by atoms with Crippen molar-refractivity contribution in [3.63, 3.8) is 0 Å². The van der Waals surface area contributed by atoms with Crippen molar-refractivity contribution in [1.29, 1.82) is 0 Å². The molecule has 1 aromatic carbocycles. The van der Waals surface area contributed by atoms with Crippen molar-refractivity contribution in [2.45, 2.75) is 26.2 Å². The van der Waals surface area contributed by atoms with Crippen molar-refractivity contribution in [3.05, 3.63) is 66.0 Å². The average Bonchev–Trinajstić information content (AvgIpc) is 2.39. The lowest BCUT2D eigenvalue weighted by molar-refractivity contribution is 0.395. The van der Waals surface area contributed by atoms with E-state index in [2.05, 4.69) is 68.2 Å². The number of hydrogen-bond donors (Lipinski definition) is 0. The quantitative estimate of drug-likeness (QED) is 0.768. The predicted octanol–water partition coefficient (Wildman–Crippen LogP) is 4.04. The molecule has 1 unspecified atom stereocenters. The molecule has 1 atom stereocenters. The van der Waals surface area contributed by atoms with E-state index >= 15 is 0 Å². The van der Waals surface area contributed by atoms with Gasteiger partial charge in [-0.05, 0) is 30.5 Å². The number of aromatic nitrogens is 1. The van der Waals surface area contributed by atoms with Gasteiger partial charge in [0.05, 0.1) is 5.69 Å². The minimum atomic E-state index is -0.0253. The first kappa shape index (κ1) is 11.8. The van der Waals surface area contributed by atoms with E-state index in [4.69, 9.17) is 0 Å². The Morgan fingerprint density at radius 3 is 2.12 bits per heavy atom. The molecule has 2 aromatic rings. The predicted molar refractivity (Wildman–Crippen MR) is 72.0 cm³/mol. The fraction of sp³-hybridized carbons (Fsp3) is 0.312. The Bertz CT molecular complexity index is 420.